The first kappa shape index (κ1) is 26.5. The molecule has 0 spiro atoms. The predicted molar refractivity (Wildman–Crippen MR) is 149 cm³/mol. The Morgan fingerprint density at radius 2 is 1.74 bits per heavy atom. The molecule has 14 heteroatoms. The number of piperazine rings is 1. The number of nitro benzene ring substituents is 1. The molecule has 5 rings (SSSR count). The van der Waals surface area contributed by atoms with Crippen molar-refractivity contribution >= 4 is 50.2 Å². The van der Waals surface area contributed by atoms with Gasteiger partial charge < -0.3 is 14.8 Å². The lowest BCUT2D eigenvalue weighted by atomic mass is 10.2. The Morgan fingerprint density at radius 1 is 1.05 bits per heavy atom. The minimum atomic E-state index is -3.65. The highest BCUT2D eigenvalue weighted by Gasteiger charge is 2.30. The van der Waals surface area contributed by atoms with Crippen molar-refractivity contribution in [2.45, 2.75) is 11.4 Å². The van der Waals surface area contributed by atoms with Crippen molar-refractivity contribution in [3.05, 3.63) is 88.2 Å². The number of nitrogens with one attached hydrogen (secondary N) is 1. The molecule has 0 radical (unpaired) electrons. The van der Waals surface area contributed by atoms with Crippen LogP contribution in [0.25, 0.3) is 11.2 Å². The smallest absolute Gasteiger partial charge is 0.269 e. The Morgan fingerprint density at radius 3 is 2.38 bits per heavy atom. The third-order valence-electron chi connectivity index (χ3n) is 6.34. The van der Waals surface area contributed by atoms with Gasteiger partial charge >= 0.3 is 0 Å². The van der Waals surface area contributed by atoms with Crippen LogP contribution in [0, 0.1) is 10.1 Å². The van der Waals surface area contributed by atoms with Gasteiger partial charge in [-0.05, 0) is 29.8 Å². The molecule has 39 heavy (non-hydrogen) atoms. The van der Waals surface area contributed by atoms with E-state index in [1.165, 1.54) is 28.6 Å². The summed E-state index contributed by atoms with van der Waals surface area (Å²) in [6, 6.07) is 12.5. The normalized spacial score (nSPS) is 14.4. The van der Waals surface area contributed by atoms with E-state index >= 15 is 0 Å². The fraction of sp³-hybridized carbons (Fsp3) is 0.240. The van der Waals surface area contributed by atoms with Crippen LogP contribution in [0.2, 0.25) is 5.02 Å². The standard InChI is InChI=1S/C25H25ClN8O4S/c1-2-11-27-23-22-24(32(17-28-22)16-18-3-7-20(8-4-18)34(35)36)30-25(29-23)31-12-14-33(15-13-31)39(37,38)21-9-5-19(26)6-10-21/h2-10,17H,1,11-16H2,(H,27,29,30). The van der Waals surface area contributed by atoms with E-state index in [-0.39, 0.29) is 23.7 Å². The van der Waals surface area contributed by atoms with Crippen LogP contribution in [0.15, 0.2) is 72.4 Å². The molecule has 12 nitrogen and oxygen atoms in total. The van der Waals surface area contributed by atoms with Crippen LogP contribution in [0.1, 0.15) is 5.56 Å². The summed E-state index contributed by atoms with van der Waals surface area (Å²) in [4.78, 5) is 26.7. The zero-order valence-corrected chi connectivity index (χ0v) is 22.3. The van der Waals surface area contributed by atoms with Gasteiger partial charge in [-0.25, -0.2) is 13.4 Å². The first-order valence-corrected chi connectivity index (χ1v) is 13.9. The van der Waals surface area contributed by atoms with Gasteiger partial charge in [-0.2, -0.15) is 14.3 Å². The Labute approximate surface area is 229 Å². The summed E-state index contributed by atoms with van der Waals surface area (Å²) < 4.78 is 29.5. The van der Waals surface area contributed by atoms with Gasteiger partial charge in [0, 0.05) is 49.9 Å². The molecule has 0 aliphatic carbocycles. The molecule has 2 aromatic carbocycles. The van der Waals surface area contributed by atoms with Gasteiger partial charge in [0.25, 0.3) is 5.69 Å². The number of sulfonamides is 1. The number of nitro groups is 1. The third kappa shape index (κ3) is 5.55. The molecule has 1 N–H and O–H groups in total. The molecule has 3 heterocycles. The highest BCUT2D eigenvalue weighted by atomic mass is 35.5. The van der Waals surface area contributed by atoms with Gasteiger partial charge in [0.15, 0.2) is 17.0 Å². The van der Waals surface area contributed by atoms with E-state index in [0.717, 1.165) is 5.56 Å². The number of non-ortho nitro benzene ring substituents is 1. The fourth-order valence-electron chi connectivity index (χ4n) is 4.29. The summed E-state index contributed by atoms with van der Waals surface area (Å²) in [7, 11) is -3.65. The molecule has 202 valence electrons. The highest BCUT2D eigenvalue weighted by molar-refractivity contribution is 7.89. The molecule has 4 aromatic rings. The molecule has 0 atom stereocenters. The SMILES string of the molecule is C=CCNc1nc(N2CCN(S(=O)(=O)c3ccc(Cl)cc3)CC2)nc2c1ncn2Cc1ccc([N+](=O)[O-])cc1. The molecule has 0 saturated carbocycles. The van der Waals surface area contributed by atoms with Crippen molar-refractivity contribution in [1.82, 2.24) is 23.8 Å². The number of hydrogen-bond donors (Lipinski definition) is 1. The summed E-state index contributed by atoms with van der Waals surface area (Å²) >= 11 is 5.92. The maximum atomic E-state index is 13.1. The van der Waals surface area contributed by atoms with Crippen molar-refractivity contribution in [1.29, 1.82) is 0 Å². The Bertz CT molecular complexity index is 1620. The van der Waals surface area contributed by atoms with Gasteiger partial charge in [-0.15, -0.1) is 6.58 Å². The van der Waals surface area contributed by atoms with E-state index < -0.39 is 14.9 Å². The number of imidazole rings is 1. The van der Waals surface area contributed by atoms with Crippen LogP contribution in [-0.2, 0) is 16.6 Å². The second-order valence-corrected chi connectivity index (χ2v) is 11.2. The van der Waals surface area contributed by atoms with Gasteiger partial charge in [0.05, 0.1) is 22.7 Å². The van der Waals surface area contributed by atoms with Crippen LogP contribution < -0.4 is 10.2 Å². The van der Waals surface area contributed by atoms with E-state index in [2.05, 4.69) is 16.9 Å². The van der Waals surface area contributed by atoms with Gasteiger partial charge in [0.2, 0.25) is 16.0 Å². The number of nitrogens with zero attached hydrogens (tertiary/aromatic N) is 7. The number of benzene rings is 2. The Balaban J connectivity index is 1.40. The number of anilines is 2. The summed E-state index contributed by atoms with van der Waals surface area (Å²) in [5, 5.41) is 14.7. The number of aromatic nitrogens is 4. The van der Waals surface area contributed by atoms with Crippen LogP contribution in [0.3, 0.4) is 0 Å². The van der Waals surface area contributed by atoms with Gasteiger partial charge in [-0.3, -0.25) is 10.1 Å². The second kappa shape index (κ2) is 11.0. The minimum Gasteiger partial charge on any atom is -0.365 e. The average molecular weight is 569 g/mol. The highest BCUT2D eigenvalue weighted by Crippen LogP contribution is 2.26. The minimum absolute atomic E-state index is 0.0204. The van der Waals surface area contributed by atoms with Crippen LogP contribution >= 0.6 is 11.6 Å². The quantitative estimate of drug-likeness (QED) is 0.182. The Kier molecular flexibility index (Phi) is 7.46. The van der Waals surface area contributed by atoms with Crippen LogP contribution in [0.4, 0.5) is 17.5 Å². The van der Waals surface area contributed by atoms with Gasteiger partial charge in [0.1, 0.15) is 0 Å². The lowest BCUT2D eigenvalue weighted by Crippen LogP contribution is -2.49. The molecule has 1 aliphatic heterocycles. The fourth-order valence-corrected chi connectivity index (χ4v) is 5.83. The molecular formula is C25H25ClN8O4S. The summed E-state index contributed by atoms with van der Waals surface area (Å²) in [6.45, 7) is 5.95. The number of hydrogen-bond acceptors (Lipinski definition) is 9. The molecule has 1 fully saturated rings. The first-order valence-electron chi connectivity index (χ1n) is 12.1. The third-order valence-corrected chi connectivity index (χ3v) is 8.50. The Hall–Kier alpha value is -4.07. The molecule has 0 bridgehead atoms. The van der Waals surface area contributed by atoms with E-state index in [1.807, 2.05) is 9.47 Å². The second-order valence-electron chi connectivity index (χ2n) is 8.86. The number of rotatable bonds is 9. The van der Waals surface area contributed by atoms with Crippen molar-refractivity contribution in [3.63, 3.8) is 0 Å². The van der Waals surface area contributed by atoms with Crippen LogP contribution in [0.5, 0.6) is 0 Å². The summed E-state index contributed by atoms with van der Waals surface area (Å²) in [5.41, 5.74) is 2.03. The van der Waals surface area contributed by atoms with E-state index in [4.69, 9.17) is 21.6 Å². The molecule has 1 aliphatic rings. The average Bonchev–Trinajstić information content (AvgIpc) is 3.35. The van der Waals surface area contributed by atoms with Crippen LogP contribution in [-0.4, -0.2) is 69.9 Å². The topological polar surface area (TPSA) is 139 Å². The zero-order valence-electron chi connectivity index (χ0n) is 20.8. The number of halogens is 1. The molecule has 0 amide bonds. The maximum absolute atomic E-state index is 13.1. The molecular weight excluding hydrogens is 544 g/mol. The summed E-state index contributed by atoms with van der Waals surface area (Å²) in [6.07, 6.45) is 3.36. The van der Waals surface area contributed by atoms with E-state index in [0.29, 0.717) is 54.1 Å². The van der Waals surface area contributed by atoms with Crippen molar-refractivity contribution in [2.75, 3.05) is 42.9 Å². The van der Waals surface area contributed by atoms with E-state index in [1.54, 1.807) is 36.7 Å². The lowest BCUT2D eigenvalue weighted by molar-refractivity contribution is -0.384. The number of fused-ring (bicyclic) bond motifs is 1. The molecule has 0 unspecified atom stereocenters. The monoisotopic (exact) mass is 568 g/mol. The zero-order chi connectivity index (χ0) is 27.6. The van der Waals surface area contributed by atoms with Gasteiger partial charge in [-0.1, -0.05) is 29.8 Å². The maximum Gasteiger partial charge on any atom is 0.269 e. The largest absolute Gasteiger partial charge is 0.365 e. The lowest BCUT2D eigenvalue weighted by Gasteiger charge is -2.34. The predicted octanol–water partition coefficient (Wildman–Crippen LogP) is 3.55. The molecule has 1 saturated heterocycles. The molecule has 2 aromatic heterocycles. The van der Waals surface area contributed by atoms with Crippen molar-refractivity contribution in [3.8, 4) is 0 Å². The van der Waals surface area contributed by atoms with E-state index in [9.17, 15) is 18.5 Å². The first-order chi connectivity index (χ1) is 18.8. The van der Waals surface area contributed by atoms with Crippen molar-refractivity contribution < 1.29 is 13.3 Å². The summed E-state index contributed by atoms with van der Waals surface area (Å²) in [5.74, 6) is 0.983. The van der Waals surface area contributed by atoms with Crippen molar-refractivity contribution in [2.24, 2.45) is 0 Å².